The zero-order chi connectivity index (χ0) is 19.4. The van der Waals surface area contributed by atoms with E-state index in [1.54, 1.807) is 42.5 Å². The minimum Gasteiger partial charge on any atom is -0.351 e. The van der Waals surface area contributed by atoms with Gasteiger partial charge >= 0.3 is 6.03 Å². The largest absolute Gasteiger partial charge is 0.351 e. The number of halogens is 1. The number of hydrogen-bond donors (Lipinski definition) is 4. The van der Waals surface area contributed by atoms with Gasteiger partial charge in [-0.25, -0.2) is 9.18 Å². The number of carbonyl (C=O) groups is 2. The molecular weight excluding hydrogens is 349 g/mol. The summed E-state index contributed by atoms with van der Waals surface area (Å²) in [6.45, 7) is 1.82. The number of primary amides is 1. The summed E-state index contributed by atoms with van der Waals surface area (Å²) in [5, 5.41) is 11.9. The number of nitrogens with zero attached hydrogens (tertiary/aromatic N) is 1. The Labute approximate surface area is 154 Å². The second-order valence-electron chi connectivity index (χ2n) is 5.94. The smallest absolute Gasteiger partial charge is 0.316 e. The van der Waals surface area contributed by atoms with Crippen molar-refractivity contribution in [3.63, 3.8) is 0 Å². The molecule has 27 heavy (non-hydrogen) atoms. The molecule has 0 aliphatic heterocycles. The Balaban J connectivity index is 1.75. The summed E-state index contributed by atoms with van der Waals surface area (Å²) < 4.78 is 14.0. The van der Waals surface area contributed by atoms with E-state index in [0.717, 1.165) is 5.56 Å². The fourth-order valence-electron chi connectivity index (χ4n) is 2.68. The van der Waals surface area contributed by atoms with Crippen LogP contribution < -0.4 is 16.4 Å². The first-order valence-corrected chi connectivity index (χ1v) is 8.21. The van der Waals surface area contributed by atoms with Crippen molar-refractivity contribution >= 4 is 17.6 Å². The van der Waals surface area contributed by atoms with Gasteiger partial charge in [0.25, 0.3) is 5.91 Å². The molecule has 7 nitrogen and oxygen atoms in total. The van der Waals surface area contributed by atoms with Crippen molar-refractivity contribution in [3.8, 4) is 11.3 Å². The Morgan fingerprint density at radius 2 is 1.85 bits per heavy atom. The molecule has 0 bridgehead atoms. The van der Waals surface area contributed by atoms with E-state index in [2.05, 4.69) is 20.8 Å². The first-order valence-electron chi connectivity index (χ1n) is 8.21. The Hall–Kier alpha value is -3.68. The molecule has 1 unspecified atom stereocenters. The lowest BCUT2D eigenvalue weighted by atomic mass is 10.1. The minimum absolute atomic E-state index is 0.249. The Morgan fingerprint density at radius 3 is 2.52 bits per heavy atom. The molecule has 0 spiro atoms. The van der Waals surface area contributed by atoms with Gasteiger partial charge < -0.3 is 16.4 Å². The van der Waals surface area contributed by atoms with Crippen molar-refractivity contribution in [2.24, 2.45) is 5.73 Å². The molecular formula is C19H18FN5O2. The van der Waals surface area contributed by atoms with E-state index in [9.17, 15) is 14.0 Å². The van der Waals surface area contributed by atoms with Crippen LogP contribution in [-0.4, -0.2) is 22.1 Å². The number of aromatic nitrogens is 2. The number of anilines is 1. The molecule has 3 rings (SSSR count). The van der Waals surface area contributed by atoms with Crippen LogP contribution in [0.2, 0.25) is 0 Å². The lowest BCUT2D eigenvalue weighted by Crippen LogP contribution is -2.27. The Morgan fingerprint density at radius 1 is 1.15 bits per heavy atom. The van der Waals surface area contributed by atoms with Gasteiger partial charge in [-0.05, 0) is 36.8 Å². The molecule has 0 aliphatic rings. The van der Waals surface area contributed by atoms with Gasteiger partial charge in [-0.3, -0.25) is 9.89 Å². The van der Waals surface area contributed by atoms with Crippen LogP contribution >= 0.6 is 0 Å². The molecule has 138 valence electrons. The predicted molar refractivity (Wildman–Crippen MR) is 99.5 cm³/mol. The van der Waals surface area contributed by atoms with Gasteiger partial charge in [-0.1, -0.05) is 24.3 Å². The van der Waals surface area contributed by atoms with Gasteiger partial charge in [0.2, 0.25) is 0 Å². The molecule has 1 heterocycles. The summed E-state index contributed by atoms with van der Waals surface area (Å²) in [4.78, 5) is 23.5. The minimum atomic E-state index is -0.648. The summed E-state index contributed by atoms with van der Waals surface area (Å²) >= 11 is 0. The molecule has 0 fully saturated rings. The monoisotopic (exact) mass is 367 g/mol. The molecule has 0 radical (unpaired) electrons. The number of carbonyl (C=O) groups excluding carboxylic acids is 2. The first kappa shape index (κ1) is 18.1. The van der Waals surface area contributed by atoms with E-state index >= 15 is 0 Å². The third kappa shape index (κ3) is 4.12. The lowest BCUT2D eigenvalue weighted by Gasteiger charge is -2.15. The zero-order valence-electron chi connectivity index (χ0n) is 14.5. The quantitative estimate of drug-likeness (QED) is 0.555. The average Bonchev–Trinajstić information content (AvgIpc) is 3.12. The molecule has 3 amide bonds. The molecule has 8 heteroatoms. The summed E-state index contributed by atoms with van der Waals surface area (Å²) in [6.07, 6.45) is 1.36. The lowest BCUT2D eigenvalue weighted by molar-refractivity contribution is 0.0940. The van der Waals surface area contributed by atoms with Crippen molar-refractivity contribution in [1.29, 1.82) is 0 Å². The third-order valence-electron chi connectivity index (χ3n) is 4.05. The molecule has 0 saturated carbocycles. The Kier molecular flexibility index (Phi) is 5.16. The molecule has 2 aromatic carbocycles. The second-order valence-corrected chi connectivity index (χ2v) is 5.94. The number of aromatic amines is 1. The maximum absolute atomic E-state index is 14.0. The van der Waals surface area contributed by atoms with Gasteiger partial charge in [0.1, 0.15) is 5.82 Å². The van der Waals surface area contributed by atoms with Crippen LogP contribution in [0.5, 0.6) is 0 Å². The molecule has 0 saturated heterocycles. The van der Waals surface area contributed by atoms with E-state index in [1.165, 1.54) is 12.3 Å². The number of benzene rings is 2. The van der Waals surface area contributed by atoms with Crippen molar-refractivity contribution in [2.45, 2.75) is 13.0 Å². The maximum Gasteiger partial charge on any atom is 0.316 e. The predicted octanol–water partition coefficient (Wildman–Crippen LogP) is 3.20. The molecule has 0 aliphatic carbocycles. The van der Waals surface area contributed by atoms with E-state index in [4.69, 9.17) is 5.73 Å². The standard InChI is InChI=1S/C19H18FN5O2/c1-11(12-6-8-13(9-7-12)24-19(21)27)23-18(26)15-10-22-25-17(15)14-4-2-3-5-16(14)20/h2-11H,1H3,(H,22,25)(H,23,26)(H3,21,24,27). The van der Waals surface area contributed by atoms with Crippen molar-refractivity contribution in [2.75, 3.05) is 5.32 Å². The van der Waals surface area contributed by atoms with Crippen LogP contribution in [-0.2, 0) is 0 Å². The van der Waals surface area contributed by atoms with E-state index in [-0.39, 0.29) is 23.1 Å². The van der Waals surface area contributed by atoms with E-state index < -0.39 is 11.8 Å². The summed E-state index contributed by atoms with van der Waals surface area (Å²) in [7, 11) is 0. The highest BCUT2D eigenvalue weighted by molar-refractivity contribution is 6.00. The highest BCUT2D eigenvalue weighted by Crippen LogP contribution is 2.24. The number of hydrogen-bond acceptors (Lipinski definition) is 3. The van der Waals surface area contributed by atoms with Gasteiger partial charge in [-0.15, -0.1) is 0 Å². The topological polar surface area (TPSA) is 113 Å². The van der Waals surface area contributed by atoms with Crippen molar-refractivity contribution in [1.82, 2.24) is 15.5 Å². The van der Waals surface area contributed by atoms with Crippen LogP contribution in [0.1, 0.15) is 28.9 Å². The average molecular weight is 367 g/mol. The number of rotatable bonds is 5. The van der Waals surface area contributed by atoms with Crippen molar-refractivity contribution in [3.05, 3.63) is 71.7 Å². The number of urea groups is 1. The number of nitrogens with two attached hydrogens (primary N) is 1. The van der Waals surface area contributed by atoms with Crippen LogP contribution in [0, 0.1) is 5.82 Å². The zero-order valence-corrected chi connectivity index (χ0v) is 14.5. The maximum atomic E-state index is 14.0. The highest BCUT2D eigenvalue weighted by atomic mass is 19.1. The second kappa shape index (κ2) is 7.69. The van der Waals surface area contributed by atoms with Gasteiger partial charge in [0, 0.05) is 11.3 Å². The molecule has 3 aromatic rings. The van der Waals surface area contributed by atoms with Gasteiger partial charge in [0.05, 0.1) is 23.5 Å². The Bertz CT molecular complexity index is 968. The summed E-state index contributed by atoms with van der Waals surface area (Å²) in [5.74, 6) is -0.824. The molecule has 5 N–H and O–H groups in total. The van der Waals surface area contributed by atoms with Gasteiger partial charge in [0.15, 0.2) is 0 Å². The van der Waals surface area contributed by atoms with E-state index in [0.29, 0.717) is 11.4 Å². The van der Waals surface area contributed by atoms with Crippen LogP contribution in [0.15, 0.2) is 54.7 Å². The number of nitrogens with one attached hydrogen (secondary N) is 3. The fourth-order valence-corrected chi connectivity index (χ4v) is 2.68. The first-order chi connectivity index (χ1) is 13.0. The van der Waals surface area contributed by atoms with Crippen LogP contribution in [0.25, 0.3) is 11.3 Å². The summed E-state index contributed by atoms with van der Waals surface area (Å²) in [6, 6.07) is 12.1. The van der Waals surface area contributed by atoms with Crippen molar-refractivity contribution < 1.29 is 14.0 Å². The fraction of sp³-hybridized carbons (Fsp3) is 0.105. The highest BCUT2D eigenvalue weighted by Gasteiger charge is 2.19. The van der Waals surface area contributed by atoms with E-state index in [1.807, 2.05) is 6.92 Å². The number of amides is 3. The van der Waals surface area contributed by atoms with Gasteiger partial charge in [-0.2, -0.15) is 5.10 Å². The molecule has 1 aromatic heterocycles. The van der Waals surface area contributed by atoms with Crippen LogP contribution in [0.3, 0.4) is 0 Å². The van der Waals surface area contributed by atoms with Crippen LogP contribution in [0.4, 0.5) is 14.9 Å². The SMILES string of the molecule is CC(NC(=O)c1cn[nH]c1-c1ccccc1F)c1ccc(NC(N)=O)cc1. The normalized spacial score (nSPS) is 11.6. The number of H-pyrrole nitrogens is 1. The third-order valence-corrected chi connectivity index (χ3v) is 4.05. The molecule has 1 atom stereocenters. The summed E-state index contributed by atoms with van der Waals surface area (Å²) in [5.41, 5.74) is 7.30.